The number of amides is 1. The number of dihydropyridines is 1. The number of hydrogen-bond acceptors (Lipinski definition) is 3. The third-order valence-corrected chi connectivity index (χ3v) is 5.27. The van der Waals surface area contributed by atoms with E-state index >= 15 is 0 Å². The Labute approximate surface area is 151 Å². The summed E-state index contributed by atoms with van der Waals surface area (Å²) in [6, 6.07) is 3.85. The highest BCUT2D eigenvalue weighted by Gasteiger charge is 2.45. The molecule has 1 aliphatic heterocycles. The molecule has 138 valence electrons. The zero-order valence-corrected chi connectivity index (χ0v) is 15.3. The average molecular weight is 360 g/mol. The molecule has 0 spiro atoms. The van der Waals surface area contributed by atoms with Crippen molar-refractivity contribution in [3.63, 3.8) is 0 Å². The Morgan fingerprint density at radius 2 is 2.00 bits per heavy atom. The zero-order chi connectivity index (χ0) is 19.2. The molecule has 1 aliphatic carbocycles. The Balaban J connectivity index is 2.29. The fourth-order valence-electron chi connectivity index (χ4n) is 3.77. The number of Topliss-reactive ketones (excluding diaryl/α,β-unsaturated/α-hetero) is 1. The molecule has 1 atom stereocenters. The molecular weight excluding hydrogens is 338 g/mol. The Bertz CT molecular complexity index is 869. The molecule has 1 heterocycles. The highest BCUT2D eigenvalue weighted by Crippen LogP contribution is 2.47. The number of hydrogen-bond donors (Lipinski definition) is 2. The Morgan fingerprint density at radius 1 is 1.31 bits per heavy atom. The molecule has 4 nitrogen and oxygen atoms in total. The van der Waals surface area contributed by atoms with Crippen molar-refractivity contribution in [2.75, 3.05) is 7.05 Å². The van der Waals surface area contributed by atoms with Crippen LogP contribution in [-0.2, 0) is 9.59 Å². The van der Waals surface area contributed by atoms with E-state index in [-0.39, 0.29) is 16.9 Å². The molecule has 2 N–H and O–H groups in total. The molecule has 1 amide bonds. The van der Waals surface area contributed by atoms with Gasteiger partial charge in [0, 0.05) is 46.5 Å². The SMILES string of the molecule is CNC(=O)C1=C(C)NC2=C(C(=O)C(C)(C)CC2)C1c1cccc(F)c1F. The maximum Gasteiger partial charge on any atom is 0.249 e. The molecule has 2 aliphatic rings. The number of carbonyl (C=O) groups is 2. The number of nitrogens with one attached hydrogen (secondary N) is 2. The maximum atomic E-state index is 14.6. The molecule has 1 aromatic carbocycles. The molecule has 3 rings (SSSR count). The monoisotopic (exact) mass is 360 g/mol. The summed E-state index contributed by atoms with van der Waals surface area (Å²) in [5.41, 5.74) is 1.21. The smallest absolute Gasteiger partial charge is 0.249 e. The lowest BCUT2D eigenvalue weighted by molar-refractivity contribution is -0.124. The molecule has 6 heteroatoms. The lowest BCUT2D eigenvalue weighted by Crippen LogP contribution is -2.42. The van der Waals surface area contributed by atoms with Gasteiger partial charge in [0.25, 0.3) is 0 Å². The highest BCUT2D eigenvalue weighted by atomic mass is 19.2. The Morgan fingerprint density at radius 3 is 2.65 bits per heavy atom. The summed E-state index contributed by atoms with van der Waals surface area (Å²) in [5.74, 6) is -3.54. The van der Waals surface area contributed by atoms with Crippen molar-refractivity contribution in [2.24, 2.45) is 5.41 Å². The van der Waals surface area contributed by atoms with E-state index in [1.807, 2.05) is 13.8 Å². The van der Waals surface area contributed by atoms with E-state index < -0.39 is 28.9 Å². The third-order valence-electron chi connectivity index (χ3n) is 5.27. The fourth-order valence-corrected chi connectivity index (χ4v) is 3.77. The molecule has 0 bridgehead atoms. The van der Waals surface area contributed by atoms with Crippen LogP contribution < -0.4 is 10.6 Å². The molecule has 26 heavy (non-hydrogen) atoms. The van der Waals surface area contributed by atoms with Gasteiger partial charge in [-0.15, -0.1) is 0 Å². The summed E-state index contributed by atoms with van der Waals surface area (Å²) in [6.07, 6.45) is 1.26. The quantitative estimate of drug-likeness (QED) is 0.851. The third kappa shape index (κ3) is 2.73. The Kier molecular flexibility index (Phi) is 4.46. The zero-order valence-electron chi connectivity index (χ0n) is 15.3. The average Bonchev–Trinajstić information content (AvgIpc) is 2.59. The minimum Gasteiger partial charge on any atom is -0.362 e. The van der Waals surface area contributed by atoms with Gasteiger partial charge in [-0.05, 0) is 25.8 Å². The van der Waals surface area contributed by atoms with Crippen LogP contribution in [0.2, 0.25) is 0 Å². The maximum absolute atomic E-state index is 14.6. The molecular formula is C20H22F2N2O2. The standard InChI is InChI=1S/C20H22F2N2O2/c1-10-14(19(26)23-4)15(11-6-5-7-12(21)17(11)22)16-13(24-10)8-9-20(2,3)18(16)25/h5-7,15,24H,8-9H2,1-4H3,(H,23,26). The summed E-state index contributed by atoms with van der Waals surface area (Å²) >= 11 is 0. The van der Waals surface area contributed by atoms with Crippen molar-refractivity contribution >= 4 is 11.7 Å². The number of ketones is 1. The van der Waals surface area contributed by atoms with Crippen molar-refractivity contribution in [3.05, 3.63) is 57.9 Å². The topological polar surface area (TPSA) is 58.2 Å². The van der Waals surface area contributed by atoms with Gasteiger partial charge in [-0.1, -0.05) is 26.0 Å². The van der Waals surface area contributed by atoms with Crippen LogP contribution in [0.5, 0.6) is 0 Å². The van der Waals surface area contributed by atoms with Gasteiger partial charge >= 0.3 is 0 Å². The number of halogens is 2. The van der Waals surface area contributed by atoms with Crippen molar-refractivity contribution in [3.8, 4) is 0 Å². The van der Waals surface area contributed by atoms with Crippen LogP contribution in [0.4, 0.5) is 8.78 Å². The van der Waals surface area contributed by atoms with E-state index in [9.17, 15) is 18.4 Å². The van der Waals surface area contributed by atoms with Crippen molar-refractivity contribution < 1.29 is 18.4 Å². The fraction of sp³-hybridized carbons (Fsp3) is 0.400. The summed E-state index contributed by atoms with van der Waals surface area (Å²) in [6.45, 7) is 5.38. The largest absolute Gasteiger partial charge is 0.362 e. The first-order valence-corrected chi connectivity index (χ1v) is 8.60. The van der Waals surface area contributed by atoms with Gasteiger partial charge < -0.3 is 10.6 Å². The Hall–Kier alpha value is -2.50. The van der Waals surface area contributed by atoms with Gasteiger partial charge in [-0.3, -0.25) is 9.59 Å². The summed E-state index contributed by atoms with van der Waals surface area (Å²) in [4.78, 5) is 25.7. The van der Waals surface area contributed by atoms with Gasteiger partial charge in [0.2, 0.25) is 5.91 Å². The van der Waals surface area contributed by atoms with Crippen LogP contribution in [0.15, 0.2) is 40.7 Å². The van der Waals surface area contributed by atoms with Crippen LogP contribution in [0.3, 0.4) is 0 Å². The molecule has 0 fully saturated rings. The first-order chi connectivity index (χ1) is 12.2. The molecule has 0 saturated carbocycles. The lowest BCUT2D eigenvalue weighted by Gasteiger charge is -2.39. The highest BCUT2D eigenvalue weighted by molar-refractivity contribution is 6.07. The van der Waals surface area contributed by atoms with E-state index in [1.165, 1.54) is 19.2 Å². The summed E-state index contributed by atoms with van der Waals surface area (Å²) in [7, 11) is 1.47. The molecule has 1 unspecified atom stereocenters. The van der Waals surface area contributed by atoms with Crippen molar-refractivity contribution in [2.45, 2.75) is 39.5 Å². The second kappa shape index (κ2) is 6.34. The summed E-state index contributed by atoms with van der Waals surface area (Å²) in [5, 5.41) is 5.69. The number of carbonyl (C=O) groups excluding carboxylic acids is 2. The van der Waals surface area contributed by atoms with Crippen molar-refractivity contribution in [1.82, 2.24) is 10.6 Å². The van der Waals surface area contributed by atoms with Crippen LogP contribution in [0, 0.1) is 17.0 Å². The molecule has 0 saturated heterocycles. The first-order valence-electron chi connectivity index (χ1n) is 8.60. The van der Waals surface area contributed by atoms with Gasteiger partial charge in [0.15, 0.2) is 17.4 Å². The number of likely N-dealkylation sites (N-methyl/N-ethyl adjacent to an activating group) is 1. The lowest BCUT2D eigenvalue weighted by atomic mass is 9.67. The van der Waals surface area contributed by atoms with E-state index in [1.54, 1.807) is 6.92 Å². The molecule has 0 radical (unpaired) electrons. The van der Waals surface area contributed by atoms with Crippen LogP contribution in [0.1, 0.15) is 45.1 Å². The van der Waals surface area contributed by atoms with Crippen LogP contribution >= 0.6 is 0 Å². The molecule has 1 aromatic rings. The van der Waals surface area contributed by atoms with Gasteiger partial charge in [0.05, 0.1) is 0 Å². The van der Waals surface area contributed by atoms with E-state index in [0.29, 0.717) is 29.8 Å². The summed E-state index contributed by atoms with van der Waals surface area (Å²) < 4.78 is 28.6. The first kappa shape index (κ1) is 18.3. The molecule has 0 aromatic heterocycles. The predicted octanol–water partition coefficient (Wildman–Crippen LogP) is 3.31. The normalized spacial score (nSPS) is 22.1. The van der Waals surface area contributed by atoms with Crippen molar-refractivity contribution in [1.29, 1.82) is 0 Å². The second-order valence-corrected chi connectivity index (χ2v) is 7.42. The van der Waals surface area contributed by atoms with Crippen LogP contribution in [0.25, 0.3) is 0 Å². The second-order valence-electron chi connectivity index (χ2n) is 7.42. The van der Waals surface area contributed by atoms with E-state index in [2.05, 4.69) is 10.6 Å². The minimum atomic E-state index is -1.03. The predicted molar refractivity (Wildman–Crippen MR) is 94.0 cm³/mol. The number of benzene rings is 1. The minimum absolute atomic E-state index is 0.00278. The van der Waals surface area contributed by atoms with Gasteiger partial charge in [-0.25, -0.2) is 8.78 Å². The van der Waals surface area contributed by atoms with Gasteiger partial charge in [0.1, 0.15) is 0 Å². The number of allylic oxidation sites excluding steroid dienone is 3. The van der Waals surface area contributed by atoms with E-state index in [4.69, 9.17) is 0 Å². The number of rotatable bonds is 2. The van der Waals surface area contributed by atoms with Crippen LogP contribution in [-0.4, -0.2) is 18.7 Å². The van der Waals surface area contributed by atoms with E-state index in [0.717, 1.165) is 6.07 Å². The van der Waals surface area contributed by atoms with Gasteiger partial charge in [-0.2, -0.15) is 0 Å².